The van der Waals surface area contributed by atoms with Gasteiger partial charge in [-0.3, -0.25) is 0 Å². The fraction of sp³-hybridized carbons (Fsp3) is 0.647. The molecule has 2 N–H and O–H groups in total. The van der Waals surface area contributed by atoms with E-state index in [4.69, 9.17) is 11.6 Å². The minimum atomic E-state index is -0.607. The highest BCUT2D eigenvalue weighted by Crippen LogP contribution is 2.33. The summed E-state index contributed by atoms with van der Waals surface area (Å²) >= 11 is 5.81. The van der Waals surface area contributed by atoms with Gasteiger partial charge in [-0.05, 0) is 56.2 Å². The van der Waals surface area contributed by atoms with E-state index in [9.17, 15) is 9.50 Å². The Bertz CT molecular complexity index is 472. The standard InChI is InChI=1S/C17H25ClFNO/c1-3-13-6-8-17(21,9-7-13)11-20-12(2)14-4-5-16(19)15(18)10-14/h4-5,10,12-13,20-21H,3,6-9,11H2,1-2H3. The molecule has 0 amide bonds. The van der Waals surface area contributed by atoms with E-state index in [-0.39, 0.29) is 11.1 Å². The molecule has 21 heavy (non-hydrogen) atoms. The third-order valence-corrected chi connectivity index (χ3v) is 5.08. The average molecular weight is 314 g/mol. The molecular formula is C17H25ClFNO. The number of hydrogen-bond acceptors (Lipinski definition) is 2. The van der Waals surface area contributed by atoms with E-state index in [1.54, 1.807) is 12.1 Å². The Balaban J connectivity index is 1.88. The Kier molecular flexibility index (Phi) is 5.64. The van der Waals surface area contributed by atoms with Crippen LogP contribution in [0.4, 0.5) is 4.39 Å². The lowest BCUT2D eigenvalue weighted by atomic mass is 9.77. The Labute approximate surface area is 131 Å². The van der Waals surface area contributed by atoms with E-state index >= 15 is 0 Å². The molecule has 0 spiro atoms. The molecule has 2 rings (SSSR count). The summed E-state index contributed by atoms with van der Waals surface area (Å²) in [7, 11) is 0. The van der Waals surface area contributed by atoms with Crippen molar-refractivity contribution in [3.05, 3.63) is 34.6 Å². The van der Waals surface area contributed by atoms with Gasteiger partial charge in [-0.15, -0.1) is 0 Å². The Morgan fingerprint density at radius 2 is 2.10 bits per heavy atom. The van der Waals surface area contributed by atoms with Gasteiger partial charge in [0.1, 0.15) is 5.82 Å². The zero-order chi connectivity index (χ0) is 15.5. The summed E-state index contributed by atoms with van der Waals surface area (Å²) in [5, 5.41) is 14.1. The third kappa shape index (κ3) is 4.41. The fourth-order valence-corrected chi connectivity index (χ4v) is 3.23. The molecule has 1 unspecified atom stereocenters. The monoisotopic (exact) mass is 313 g/mol. The normalized spacial score (nSPS) is 27.6. The summed E-state index contributed by atoms with van der Waals surface area (Å²) < 4.78 is 13.2. The summed E-state index contributed by atoms with van der Waals surface area (Å²) in [4.78, 5) is 0. The largest absolute Gasteiger partial charge is 0.389 e. The second-order valence-electron chi connectivity index (χ2n) is 6.35. The molecule has 4 heteroatoms. The average Bonchev–Trinajstić information content (AvgIpc) is 2.48. The van der Waals surface area contributed by atoms with Crippen LogP contribution in [0, 0.1) is 11.7 Å². The molecule has 0 bridgehead atoms. The van der Waals surface area contributed by atoms with Crippen LogP contribution < -0.4 is 5.32 Å². The molecule has 0 heterocycles. The molecule has 0 saturated heterocycles. The first-order valence-corrected chi connectivity index (χ1v) is 8.22. The van der Waals surface area contributed by atoms with Gasteiger partial charge in [0, 0.05) is 12.6 Å². The molecule has 1 saturated carbocycles. The highest BCUT2D eigenvalue weighted by atomic mass is 35.5. The zero-order valence-electron chi connectivity index (χ0n) is 12.8. The van der Waals surface area contributed by atoms with E-state index in [0.29, 0.717) is 6.54 Å². The predicted molar refractivity (Wildman–Crippen MR) is 85.0 cm³/mol. The summed E-state index contributed by atoms with van der Waals surface area (Å²) in [6.45, 7) is 4.79. The number of nitrogens with one attached hydrogen (secondary N) is 1. The third-order valence-electron chi connectivity index (χ3n) is 4.79. The smallest absolute Gasteiger partial charge is 0.141 e. The van der Waals surface area contributed by atoms with Crippen LogP contribution >= 0.6 is 11.6 Å². The van der Waals surface area contributed by atoms with Gasteiger partial charge in [-0.1, -0.05) is 31.0 Å². The molecule has 0 aromatic heterocycles. The maximum absolute atomic E-state index is 13.2. The van der Waals surface area contributed by atoms with Gasteiger partial charge in [0.15, 0.2) is 0 Å². The van der Waals surface area contributed by atoms with Gasteiger partial charge in [-0.25, -0.2) is 4.39 Å². The molecular weight excluding hydrogens is 289 g/mol. The van der Waals surface area contributed by atoms with Gasteiger partial charge < -0.3 is 10.4 Å². The van der Waals surface area contributed by atoms with Gasteiger partial charge in [0.25, 0.3) is 0 Å². The molecule has 1 atom stereocenters. The molecule has 1 aliphatic rings. The number of halogens is 2. The molecule has 1 aromatic carbocycles. The number of aliphatic hydroxyl groups is 1. The molecule has 2 nitrogen and oxygen atoms in total. The lowest BCUT2D eigenvalue weighted by Gasteiger charge is -2.36. The second kappa shape index (κ2) is 7.08. The number of benzene rings is 1. The summed E-state index contributed by atoms with van der Waals surface area (Å²) in [6.07, 6.45) is 5.12. The van der Waals surface area contributed by atoms with E-state index in [2.05, 4.69) is 12.2 Å². The van der Waals surface area contributed by atoms with Crippen LogP contribution in [0.5, 0.6) is 0 Å². The Morgan fingerprint density at radius 1 is 1.43 bits per heavy atom. The van der Waals surface area contributed by atoms with Crippen LogP contribution in [-0.4, -0.2) is 17.3 Å². The number of rotatable bonds is 5. The molecule has 118 valence electrons. The van der Waals surface area contributed by atoms with Gasteiger partial charge >= 0.3 is 0 Å². The van der Waals surface area contributed by atoms with Crippen molar-refractivity contribution in [3.8, 4) is 0 Å². The minimum Gasteiger partial charge on any atom is -0.389 e. The summed E-state index contributed by atoms with van der Waals surface area (Å²) in [5.74, 6) is 0.364. The first-order chi connectivity index (χ1) is 9.93. The van der Waals surface area contributed by atoms with Crippen molar-refractivity contribution in [1.29, 1.82) is 0 Å². The molecule has 1 fully saturated rings. The highest BCUT2D eigenvalue weighted by molar-refractivity contribution is 6.30. The van der Waals surface area contributed by atoms with Crippen LogP contribution in [0.15, 0.2) is 18.2 Å². The maximum Gasteiger partial charge on any atom is 0.141 e. The Hall–Kier alpha value is -0.640. The van der Waals surface area contributed by atoms with Crippen molar-refractivity contribution < 1.29 is 9.50 Å². The predicted octanol–water partition coefficient (Wildman–Crippen LogP) is 4.46. The topological polar surface area (TPSA) is 32.3 Å². The highest BCUT2D eigenvalue weighted by Gasteiger charge is 2.32. The van der Waals surface area contributed by atoms with Crippen LogP contribution in [0.2, 0.25) is 5.02 Å². The van der Waals surface area contributed by atoms with Gasteiger partial charge in [0.05, 0.1) is 10.6 Å². The van der Waals surface area contributed by atoms with Crippen LogP contribution in [-0.2, 0) is 0 Å². The van der Waals surface area contributed by atoms with E-state index < -0.39 is 11.4 Å². The SMILES string of the molecule is CCC1CCC(O)(CNC(C)c2ccc(F)c(Cl)c2)CC1. The van der Waals surface area contributed by atoms with Crippen LogP contribution in [0.25, 0.3) is 0 Å². The fourth-order valence-electron chi connectivity index (χ4n) is 3.04. The maximum atomic E-state index is 13.2. The molecule has 1 aromatic rings. The zero-order valence-corrected chi connectivity index (χ0v) is 13.6. The lowest BCUT2D eigenvalue weighted by Crippen LogP contribution is -2.44. The van der Waals surface area contributed by atoms with Crippen molar-refractivity contribution in [1.82, 2.24) is 5.32 Å². The summed E-state index contributed by atoms with van der Waals surface area (Å²) in [5.41, 5.74) is 0.330. The molecule has 0 aliphatic heterocycles. The van der Waals surface area contributed by atoms with Crippen molar-refractivity contribution in [2.24, 2.45) is 5.92 Å². The number of hydrogen-bond donors (Lipinski definition) is 2. The van der Waals surface area contributed by atoms with Crippen LogP contribution in [0.1, 0.15) is 57.6 Å². The van der Waals surface area contributed by atoms with Crippen molar-refractivity contribution in [2.45, 2.75) is 57.6 Å². The lowest BCUT2D eigenvalue weighted by molar-refractivity contribution is -0.0103. The van der Waals surface area contributed by atoms with Crippen molar-refractivity contribution in [3.63, 3.8) is 0 Å². The summed E-state index contributed by atoms with van der Waals surface area (Å²) in [6, 6.07) is 4.80. The molecule has 1 aliphatic carbocycles. The second-order valence-corrected chi connectivity index (χ2v) is 6.76. The van der Waals surface area contributed by atoms with E-state index in [0.717, 1.165) is 37.2 Å². The first-order valence-electron chi connectivity index (χ1n) is 7.84. The Morgan fingerprint density at radius 3 is 2.67 bits per heavy atom. The quantitative estimate of drug-likeness (QED) is 0.841. The van der Waals surface area contributed by atoms with Crippen molar-refractivity contribution >= 4 is 11.6 Å². The van der Waals surface area contributed by atoms with Gasteiger partial charge in [-0.2, -0.15) is 0 Å². The van der Waals surface area contributed by atoms with E-state index in [1.807, 2.05) is 6.92 Å². The van der Waals surface area contributed by atoms with Gasteiger partial charge in [0.2, 0.25) is 0 Å². The van der Waals surface area contributed by atoms with Crippen LogP contribution in [0.3, 0.4) is 0 Å². The molecule has 0 radical (unpaired) electrons. The van der Waals surface area contributed by atoms with Crippen molar-refractivity contribution in [2.75, 3.05) is 6.54 Å². The first kappa shape index (κ1) is 16.7. The van der Waals surface area contributed by atoms with E-state index in [1.165, 1.54) is 12.5 Å². The minimum absolute atomic E-state index is 0.0380.